The summed E-state index contributed by atoms with van der Waals surface area (Å²) >= 11 is 0. The number of nitrogens with one attached hydrogen (secondary N) is 3. The number of aromatic nitrogens is 3. The third kappa shape index (κ3) is 4.58. The summed E-state index contributed by atoms with van der Waals surface area (Å²) in [6.45, 7) is 1.42. The Morgan fingerprint density at radius 1 is 1.00 bits per heavy atom. The van der Waals surface area contributed by atoms with Crippen LogP contribution in [0.5, 0.6) is 0 Å². The van der Waals surface area contributed by atoms with Gasteiger partial charge in [0.1, 0.15) is 0 Å². The van der Waals surface area contributed by atoms with Crippen molar-refractivity contribution >= 4 is 33.4 Å². The molecule has 30 heavy (non-hydrogen) atoms. The first-order valence-electron chi connectivity index (χ1n) is 10.2. The van der Waals surface area contributed by atoms with E-state index in [0.717, 1.165) is 52.6 Å². The monoisotopic (exact) mass is 402 g/mol. The first-order chi connectivity index (χ1) is 14.7. The number of anilines is 1. The van der Waals surface area contributed by atoms with Gasteiger partial charge in [-0.1, -0.05) is 36.4 Å². The van der Waals surface area contributed by atoms with Gasteiger partial charge in [-0.15, -0.1) is 0 Å². The lowest BCUT2D eigenvalue weighted by Gasteiger charge is -2.14. The lowest BCUT2D eigenvalue weighted by Crippen LogP contribution is -2.42. The van der Waals surface area contributed by atoms with Crippen molar-refractivity contribution in [1.29, 1.82) is 0 Å². The zero-order valence-electron chi connectivity index (χ0n) is 16.8. The maximum absolute atomic E-state index is 12.1. The number of nitrogens with zero attached hydrogens (tertiary/aromatic N) is 2. The second-order valence-electron chi connectivity index (χ2n) is 7.33. The number of amides is 1. The van der Waals surface area contributed by atoms with Crippen molar-refractivity contribution in [3.63, 3.8) is 0 Å². The minimum Gasteiger partial charge on any atom is -0.384 e. The van der Waals surface area contributed by atoms with Crippen LogP contribution in [0.3, 0.4) is 0 Å². The van der Waals surface area contributed by atoms with Gasteiger partial charge < -0.3 is 21.4 Å². The van der Waals surface area contributed by atoms with Gasteiger partial charge >= 0.3 is 0 Å². The van der Waals surface area contributed by atoms with Crippen LogP contribution in [-0.4, -0.2) is 40.0 Å². The van der Waals surface area contributed by atoms with Crippen LogP contribution in [0.2, 0.25) is 0 Å². The fraction of sp³-hybridized carbons (Fsp3) is 0.261. The number of rotatable bonds is 9. The van der Waals surface area contributed by atoms with E-state index in [4.69, 9.17) is 10.7 Å². The normalized spacial score (nSPS) is 12.2. The molecule has 0 radical (unpaired) electrons. The number of hydrogen-bond acceptors (Lipinski definition) is 5. The van der Waals surface area contributed by atoms with Crippen LogP contribution in [0.25, 0.3) is 21.8 Å². The average Bonchev–Trinajstić information content (AvgIpc) is 3.28. The van der Waals surface area contributed by atoms with E-state index in [1.807, 2.05) is 36.4 Å². The number of pyridine rings is 1. The number of aromatic amines is 1. The van der Waals surface area contributed by atoms with Crippen LogP contribution in [0.15, 0.2) is 61.1 Å². The van der Waals surface area contributed by atoms with Crippen molar-refractivity contribution in [2.24, 2.45) is 5.73 Å². The molecule has 0 bridgehead atoms. The topological polar surface area (TPSA) is 109 Å². The van der Waals surface area contributed by atoms with Crippen LogP contribution >= 0.6 is 0 Å². The van der Waals surface area contributed by atoms with Crippen LogP contribution < -0.4 is 16.4 Å². The number of H-pyrrole nitrogens is 1. The van der Waals surface area contributed by atoms with E-state index in [0.29, 0.717) is 13.0 Å². The van der Waals surface area contributed by atoms with Crippen LogP contribution in [-0.2, 0) is 11.2 Å². The van der Waals surface area contributed by atoms with E-state index < -0.39 is 6.04 Å². The highest BCUT2D eigenvalue weighted by Crippen LogP contribution is 2.30. The van der Waals surface area contributed by atoms with Gasteiger partial charge in [0.25, 0.3) is 0 Å². The summed E-state index contributed by atoms with van der Waals surface area (Å²) < 4.78 is 0. The number of imidazole rings is 1. The molecule has 1 amide bonds. The van der Waals surface area contributed by atoms with Crippen molar-refractivity contribution in [1.82, 2.24) is 20.3 Å². The molecule has 0 saturated carbocycles. The number of unbranched alkanes of at least 4 members (excludes halogenated alkanes) is 1. The number of carbonyl (C=O) groups is 1. The maximum atomic E-state index is 12.1. The number of fused-ring (bicyclic) bond motifs is 2. The summed E-state index contributed by atoms with van der Waals surface area (Å²) in [7, 11) is 0. The van der Waals surface area contributed by atoms with Gasteiger partial charge in [-0.2, -0.15) is 0 Å². The van der Waals surface area contributed by atoms with Crippen LogP contribution in [0, 0.1) is 0 Å². The summed E-state index contributed by atoms with van der Waals surface area (Å²) in [4.78, 5) is 23.8. The minimum atomic E-state index is -0.571. The number of carbonyl (C=O) groups excluding carboxylic acids is 1. The molecule has 7 heteroatoms. The molecule has 4 aromatic rings. The molecule has 0 spiro atoms. The van der Waals surface area contributed by atoms with Gasteiger partial charge in [-0.25, -0.2) is 9.97 Å². The van der Waals surface area contributed by atoms with Crippen molar-refractivity contribution in [2.75, 3.05) is 18.4 Å². The molecule has 0 aliphatic heterocycles. The molecular weight excluding hydrogens is 376 g/mol. The zero-order chi connectivity index (χ0) is 20.8. The van der Waals surface area contributed by atoms with Crippen LogP contribution in [0.1, 0.15) is 18.5 Å². The Balaban J connectivity index is 1.28. The van der Waals surface area contributed by atoms with Gasteiger partial charge in [0.15, 0.2) is 0 Å². The average molecular weight is 403 g/mol. The molecule has 4 rings (SSSR count). The molecule has 1 atom stereocenters. The van der Waals surface area contributed by atoms with E-state index in [1.54, 1.807) is 12.5 Å². The highest BCUT2D eigenvalue weighted by atomic mass is 16.2. The van der Waals surface area contributed by atoms with E-state index in [9.17, 15) is 4.79 Å². The second-order valence-corrected chi connectivity index (χ2v) is 7.33. The Labute approximate surface area is 175 Å². The van der Waals surface area contributed by atoms with Gasteiger partial charge in [0.05, 0.1) is 29.1 Å². The van der Waals surface area contributed by atoms with Gasteiger partial charge in [-0.3, -0.25) is 4.79 Å². The lowest BCUT2D eigenvalue weighted by molar-refractivity contribution is -0.122. The van der Waals surface area contributed by atoms with Crippen molar-refractivity contribution in [3.8, 4) is 0 Å². The molecule has 2 aromatic carbocycles. The molecule has 2 heterocycles. The number of nitrogens with two attached hydrogens (primary N) is 1. The molecule has 2 aromatic heterocycles. The third-order valence-corrected chi connectivity index (χ3v) is 5.12. The minimum absolute atomic E-state index is 0.135. The highest BCUT2D eigenvalue weighted by molar-refractivity contribution is 6.07. The lowest BCUT2D eigenvalue weighted by atomic mass is 10.1. The molecular formula is C23H26N6O. The first-order valence-corrected chi connectivity index (χ1v) is 10.2. The predicted octanol–water partition coefficient (Wildman–Crippen LogP) is 2.99. The quantitative estimate of drug-likeness (QED) is 0.254. The summed E-state index contributed by atoms with van der Waals surface area (Å²) in [5.41, 5.74) is 9.89. The Morgan fingerprint density at radius 3 is 2.33 bits per heavy atom. The Hall–Kier alpha value is -3.45. The summed E-state index contributed by atoms with van der Waals surface area (Å²) in [5, 5.41) is 8.74. The van der Waals surface area contributed by atoms with Crippen molar-refractivity contribution < 1.29 is 4.79 Å². The second kappa shape index (κ2) is 9.37. The maximum Gasteiger partial charge on any atom is 0.237 e. The molecule has 0 saturated heterocycles. The smallest absolute Gasteiger partial charge is 0.237 e. The molecule has 0 aliphatic carbocycles. The van der Waals surface area contributed by atoms with Crippen molar-refractivity contribution in [2.45, 2.75) is 25.3 Å². The largest absolute Gasteiger partial charge is 0.384 e. The summed E-state index contributed by atoms with van der Waals surface area (Å²) in [6, 6.07) is 15.8. The van der Waals surface area contributed by atoms with E-state index in [-0.39, 0.29) is 5.91 Å². The Bertz CT molecular complexity index is 1070. The fourth-order valence-electron chi connectivity index (χ4n) is 3.56. The molecule has 0 aliphatic rings. The SMILES string of the molecule is N[C@@H](Cc1cnc[nH]1)C(=O)NCCCCNc1c2ccccc2nc2ccccc12. The van der Waals surface area contributed by atoms with E-state index in [1.165, 1.54) is 0 Å². The highest BCUT2D eigenvalue weighted by Gasteiger charge is 2.14. The number of para-hydroxylation sites is 2. The zero-order valence-corrected chi connectivity index (χ0v) is 16.8. The van der Waals surface area contributed by atoms with Crippen LogP contribution in [0.4, 0.5) is 5.69 Å². The number of hydrogen-bond donors (Lipinski definition) is 4. The van der Waals surface area contributed by atoms with E-state index in [2.05, 4.69) is 32.7 Å². The predicted molar refractivity (Wildman–Crippen MR) is 120 cm³/mol. The summed E-state index contributed by atoms with van der Waals surface area (Å²) in [6.07, 6.45) is 5.53. The van der Waals surface area contributed by atoms with Crippen molar-refractivity contribution in [3.05, 3.63) is 66.7 Å². The van der Waals surface area contributed by atoms with Gasteiger partial charge in [0.2, 0.25) is 5.91 Å². The Kier molecular flexibility index (Phi) is 6.20. The molecule has 154 valence electrons. The standard InChI is InChI=1S/C23H26N6O/c24-19(13-16-14-25-15-28-16)23(30)27-12-6-5-11-26-22-17-7-1-3-9-20(17)29-21-10-4-2-8-18(21)22/h1-4,7-10,14-15,19H,5-6,11-13,24H2,(H,25,28)(H,26,29)(H,27,30)/t19-/m0/s1. The first kappa shape index (κ1) is 19.8. The molecule has 5 N–H and O–H groups in total. The molecule has 7 nitrogen and oxygen atoms in total. The fourth-order valence-corrected chi connectivity index (χ4v) is 3.56. The summed E-state index contributed by atoms with van der Waals surface area (Å²) in [5.74, 6) is -0.135. The van der Waals surface area contributed by atoms with Gasteiger partial charge in [-0.05, 0) is 25.0 Å². The third-order valence-electron chi connectivity index (χ3n) is 5.12. The Morgan fingerprint density at radius 2 is 1.67 bits per heavy atom. The molecule has 0 unspecified atom stereocenters. The molecule has 0 fully saturated rings. The number of benzene rings is 2. The van der Waals surface area contributed by atoms with Gasteiger partial charge in [0, 0.05) is 42.2 Å². The van der Waals surface area contributed by atoms with E-state index >= 15 is 0 Å².